The smallest absolute Gasteiger partial charge is 0.131 e. The lowest BCUT2D eigenvalue weighted by molar-refractivity contribution is 0.529. The maximum absolute atomic E-state index is 13.3. The third-order valence-corrected chi connectivity index (χ3v) is 2.47. The normalized spacial score (nSPS) is 11.8. The van der Waals surface area contributed by atoms with Crippen LogP contribution in [0.2, 0.25) is 0 Å². The van der Waals surface area contributed by atoms with Crippen LogP contribution in [0, 0.1) is 15.2 Å². The molecule has 0 aromatic heterocycles. The monoisotopic (exact) mass is 314 g/mol. The van der Waals surface area contributed by atoms with Crippen molar-refractivity contribution in [3.05, 3.63) is 32.9 Å². The van der Waals surface area contributed by atoms with Gasteiger partial charge in [0.2, 0.25) is 0 Å². The molecule has 72 valence electrons. The fourth-order valence-electron chi connectivity index (χ4n) is 1.13. The number of hydrogen-bond donors (Lipinski definition) is 1. The quantitative estimate of drug-likeness (QED) is 0.592. The Kier molecular flexibility index (Phi) is 3.22. The van der Waals surface area contributed by atoms with Crippen LogP contribution >= 0.6 is 35.2 Å². The fraction of sp³-hybridized carbons (Fsp3) is 0.333. The van der Waals surface area contributed by atoms with E-state index in [1.54, 1.807) is 13.8 Å². The van der Waals surface area contributed by atoms with Crippen LogP contribution in [0.3, 0.4) is 0 Å². The highest BCUT2D eigenvalue weighted by Gasteiger charge is 2.24. The number of thiol groups is 1. The van der Waals surface area contributed by atoms with Crippen molar-refractivity contribution in [1.82, 2.24) is 0 Å². The zero-order valence-electron chi connectivity index (χ0n) is 7.24. The number of hydrogen-bond acceptors (Lipinski definition) is 1. The van der Waals surface area contributed by atoms with E-state index < -0.39 is 16.4 Å². The highest BCUT2D eigenvalue weighted by atomic mass is 127. The molecule has 1 aromatic rings. The van der Waals surface area contributed by atoms with E-state index in [2.05, 4.69) is 12.6 Å². The van der Waals surface area contributed by atoms with Gasteiger partial charge in [0.05, 0.1) is 0 Å². The van der Waals surface area contributed by atoms with Crippen LogP contribution in [0.5, 0.6) is 0 Å². The molecule has 1 rings (SSSR count). The van der Waals surface area contributed by atoms with E-state index in [4.69, 9.17) is 0 Å². The molecule has 0 aliphatic rings. The van der Waals surface area contributed by atoms with Gasteiger partial charge in [-0.15, -0.1) is 0 Å². The predicted molar refractivity (Wildman–Crippen MR) is 61.1 cm³/mol. The van der Waals surface area contributed by atoms with Crippen LogP contribution in [0.1, 0.15) is 19.4 Å². The summed E-state index contributed by atoms with van der Waals surface area (Å²) in [5, 5.41) is 0. The van der Waals surface area contributed by atoms with E-state index in [1.165, 1.54) is 12.1 Å². The highest BCUT2D eigenvalue weighted by molar-refractivity contribution is 14.1. The summed E-state index contributed by atoms with van der Waals surface area (Å²) in [4.78, 5) is 0. The van der Waals surface area contributed by atoms with Crippen LogP contribution in [0.4, 0.5) is 8.78 Å². The average Bonchev–Trinajstić information content (AvgIpc) is 1.78. The molecule has 0 atom stereocenters. The Balaban J connectivity index is 3.38. The lowest BCUT2D eigenvalue weighted by Gasteiger charge is -2.19. The van der Waals surface area contributed by atoms with Gasteiger partial charge in [0, 0.05) is 13.9 Å². The minimum Gasteiger partial charge on any atom is -0.206 e. The van der Waals surface area contributed by atoms with E-state index in [9.17, 15) is 8.78 Å². The molecule has 0 aliphatic heterocycles. The summed E-state index contributed by atoms with van der Waals surface area (Å²) in [6.45, 7) is 3.31. The summed E-state index contributed by atoms with van der Waals surface area (Å²) in [6.07, 6.45) is 0. The Labute approximate surface area is 95.3 Å². The minimum absolute atomic E-state index is 0.0243. The van der Waals surface area contributed by atoms with E-state index in [1.807, 2.05) is 22.6 Å². The second kappa shape index (κ2) is 3.73. The topological polar surface area (TPSA) is 0 Å². The highest BCUT2D eigenvalue weighted by Crippen LogP contribution is 2.32. The summed E-state index contributed by atoms with van der Waals surface area (Å²) < 4.78 is 26.4. The van der Waals surface area contributed by atoms with Crippen LogP contribution in [-0.2, 0) is 4.75 Å². The molecule has 0 amide bonds. The van der Waals surface area contributed by atoms with Gasteiger partial charge in [-0.3, -0.25) is 0 Å². The molecule has 0 spiro atoms. The molecule has 0 aliphatic carbocycles. The van der Waals surface area contributed by atoms with Crippen molar-refractivity contribution in [1.29, 1.82) is 0 Å². The lowest BCUT2D eigenvalue weighted by atomic mass is 10.0. The van der Waals surface area contributed by atoms with Gasteiger partial charge in [0.1, 0.15) is 11.6 Å². The second-order valence-corrected chi connectivity index (χ2v) is 5.67. The molecule has 0 saturated carbocycles. The molecular formula is C9H9F2IS. The van der Waals surface area contributed by atoms with Crippen molar-refractivity contribution in [3.8, 4) is 0 Å². The predicted octanol–water partition coefficient (Wildman–Crippen LogP) is 3.73. The third kappa shape index (κ3) is 2.56. The molecule has 0 fully saturated rings. The van der Waals surface area contributed by atoms with Crippen molar-refractivity contribution in [3.63, 3.8) is 0 Å². The Morgan fingerprint density at radius 2 is 1.62 bits per heavy atom. The zero-order chi connectivity index (χ0) is 10.2. The van der Waals surface area contributed by atoms with Gasteiger partial charge in [-0.25, -0.2) is 8.78 Å². The van der Waals surface area contributed by atoms with Gasteiger partial charge >= 0.3 is 0 Å². The first-order valence-corrected chi connectivity index (χ1v) is 5.22. The number of benzene rings is 1. The minimum atomic E-state index is -0.793. The molecule has 4 heteroatoms. The van der Waals surface area contributed by atoms with Gasteiger partial charge < -0.3 is 0 Å². The molecule has 0 heterocycles. The van der Waals surface area contributed by atoms with Crippen molar-refractivity contribution in [2.75, 3.05) is 0 Å². The second-order valence-electron chi connectivity index (χ2n) is 3.30. The molecule has 0 nitrogen and oxygen atoms in total. The van der Waals surface area contributed by atoms with E-state index in [0.717, 1.165) is 0 Å². The van der Waals surface area contributed by atoms with Gasteiger partial charge in [-0.05, 0) is 48.6 Å². The molecule has 0 unspecified atom stereocenters. The van der Waals surface area contributed by atoms with Crippen molar-refractivity contribution >= 4 is 35.2 Å². The Morgan fingerprint density at radius 1 is 1.23 bits per heavy atom. The maximum atomic E-state index is 13.3. The molecule has 0 saturated heterocycles. The van der Waals surface area contributed by atoms with Crippen LogP contribution in [-0.4, -0.2) is 0 Å². The van der Waals surface area contributed by atoms with Gasteiger partial charge in [0.15, 0.2) is 0 Å². The third-order valence-electron chi connectivity index (χ3n) is 1.62. The fourth-order valence-corrected chi connectivity index (χ4v) is 1.89. The summed E-state index contributed by atoms with van der Waals surface area (Å²) in [5.41, 5.74) is 0.0243. The Bertz CT molecular complexity index is 308. The zero-order valence-corrected chi connectivity index (χ0v) is 10.3. The summed E-state index contributed by atoms with van der Waals surface area (Å²) in [5.74, 6) is -1.08. The lowest BCUT2D eigenvalue weighted by Crippen LogP contribution is -2.13. The van der Waals surface area contributed by atoms with E-state index in [-0.39, 0.29) is 5.56 Å². The van der Waals surface area contributed by atoms with Gasteiger partial charge in [0.25, 0.3) is 0 Å². The molecular weight excluding hydrogens is 305 g/mol. The molecule has 0 bridgehead atoms. The molecule has 13 heavy (non-hydrogen) atoms. The van der Waals surface area contributed by atoms with E-state index >= 15 is 0 Å². The van der Waals surface area contributed by atoms with Crippen molar-refractivity contribution in [2.24, 2.45) is 0 Å². The standard InChI is InChI=1S/C9H9F2IS/c1-9(2,13)8-6(10)3-5(12)4-7(8)11/h3-4,13H,1-2H3. The van der Waals surface area contributed by atoms with Crippen molar-refractivity contribution < 1.29 is 8.78 Å². The van der Waals surface area contributed by atoms with Crippen LogP contribution in [0.15, 0.2) is 12.1 Å². The van der Waals surface area contributed by atoms with Gasteiger partial charge in [-0.2, -0.15) is 12.6 Å². The van der Waals surface area contributed by atoms with Crippen LogP contribution in [0.25, 0.3) is 0 Å². The molecule has 0 radical (unpaired) electrons. The van der Waals surface area contributed by atoms with Crippen LogP contribution < -0.4 is 0 Å². The Hall–Kier alpha value is 0.160. The molecule has 1 aromatic carbocycles. The summed E-state index contributed by atoms with van der Waals surface area (Å²) >= 11 is 6.01. The van der Waals surface area contributed by atoms with Crippen molar-refractivity contribution in [2.45, 2.75) is 18.6 Å². The average molecular weight is 314 g/mol. The first-order valence-electron chi connectivity index (χ1n) is 3.70. The Morgan fingerprint density at radius 3 is 1.92 bits per heavy atom. The maximum Gasteiger partial charge on any atom is 0.131 e. The first kappa shape index (κ1) is 11.2. The summed E-state index contributed by atoms with van der Waals surface area (Å²) in [6, 6.07) is 2.61. The van der Waals surface area contributed by atoms with Gasteiger partial charge in [-0.1, -0.05) is 0 Å². The molecule has 0 N–H and O–H groups in total. The largest absolute Gasteiger partial charge is 0.206 e. The number of halogens is 3. The number of rotatable bonds is 1. The first-order chi connectivity index (χ1) is 5.82. The SMILES string of the molecule is CC(C)(S)c1c(F)cc(I)cc1F. The van der Waals surface area contributed by atoms with E-state index in [0.29, 0.717) is 3.57 Å². The summed E-state index contributed by atoms with van der Waals surface area (Å²) in [7, 11) is 0.